The third-order valence-corrected chi connectivity index (χ3v) is 16.9. The molecule has 0 aliphatic heterocycles. The number of rotatable bonds is 13. The van der Waals surface area contributed by atoms with Crippen molar-refractivity contribution in [1.29, 1.82) is 0 Å². The summed E-state index contributed by atoms with van der Waals surface area (Å²) in [6, 6.07) is 42.7. The van der Waals surface area contributed by atoms with E-state index in [0.717, 1.165) is 6.16 Å². The fourth-order valence-corrected chi connectivity index (χ4v) is 13.2. The molecule has 36 heavy (non-hydrogen) atoms. The van der Waals surface area contributed by atoms with Gasteiger partial charge in [0.05, 0.1) is 0 Å². The van der Waals surface area contributed by atoms with Crippen molar-refractivity contribution in [3.05, 3.63) is 126 Å². The van der Waals surface area contributed by atoms with Crippen molar-refractivity contribution in [3.63, 3.8) is 0 Å². The van der Waals surface area contributed by atoms with Crippen LogP contribution in [0.4, 0.5) is 0 Å². The monoisotopic (exact) mass is 558 g/mol. The van der Waals surface area contributed by atoms with E-state index in [4.69, 9.17) is 0 Å². The molecule has 0 spiro atoms. The molecular formula is C34H40BrP. The van der Waals surface area contributed by atoms with E-state index in [1.807, 2.05) is 0 Å². The van der Waals surface area contributed by atoms with Crippen molar-refractivity contribution in [2.45, 2.75) is 64.5 Å². The van der Waals surface area contributed by atoms with E-state index < -0.39 is 5.31 Å². The van der Waals surface area contributed by atoms with Gasteiger partial charge >= 0.3 is 221 Å². The molecule has 0 saturated heterocycles. The Balaban J connectivity index is 1.68. The van der Waals surface area contributed by atoms with Gasteiger partial charge in [0.2, 0.25) is 0 Å². The van der Waals surface area contributed by atoms with Gasteiger partial charge in [0.15, 0.2) is 0 Å². The first-order valence-electron chi connectivity index (χ1n) is 13.6. The Morgan fingerprint density at radius 1 is 0.500 bits per heavy atom. The minimum atomic E-state index is -2.95. The Morgan fingerprint density at radius 3 is 1.44 bits per heavy atom. The summed E-state index contributed by atoms with van der Waals surface area (Å²) in [4.78, 5) is 0. The van der Waals surface area contributed by atoms with E-state index in [-0.39, 0.29) is 0 Å². The van der Waals surface area contributed by atoms with Crippen LogP contribution in [-0.2, 0) is 12.6 Å². The maximum atomic E-state index is 4.60. The first-order chi connectivity index (χ1) is 17.6. The fourth-order valence-electron chi connectivity index (χ4n) is 5.45. The van der Waals surface area contributed by atoms with Gasteiger partial charge in [0.25, 0.3) is 0 Å². The zero-order valence-electron chi connectivity index (χ0n) is 21.7. The quantitative estimate of drug-likeness (QED) is 0.113. The van der Waals surface area contributed by atoms with Gasteiger partial charge in [-0.05, 0) is 0 Å². The van der Waals surface area contributed by atoms with Crippen LogP contribution in [0, 0.1) is 0 Å². The molecule has 0 radical (unpaired) electrons. The Labute approximate surface area is 226 Å². The Kier molecular flexibility index (Phi) is 9.58. The number of unbranched alkanes of at least 4 members (excludes halogenated alkanes) is 6. The van der Waals surface area contributed by atoms with Gasteiger partial charge in [-0.2, -0.15) is 0 Å². The van der Waals surface area contributed by atoms with Crippen molar-refractivity contribution in [3.8, 4) is 0 Å². The number of benzene rings is 4. The van der Waals surface area contributed by atoms with Crippen LogP contribution in [0.25, 0.3) is 0 Å². The molecule has 0 N–H and O–H groups in total. The number of halogens is 1. The van der Waals surface area contributed by atoms with E-state index in [1.165, 1.54) is 78.4 Å². The summed E-state index contributed by atoms with van der Waals surface area (Å²) in [5.74, 6) is 0. The van der Waals surface area contributed by atoms with Gasteiger partial charge < -0.3 is 0 Å². The molecule has 4 aromatic carbocycles. The van der Waals surface area contributed by atoms with Gasteiger partial charge in [0, 0.05) is 0 Å². The van der Waals surface area contributed by atoms with Crippen molar-refractivity contribution in [2.24, 2.45) is 0 Å². The van der Waals surface area contributed by atoms with E-state index in [0.29, 0.717) is 0 Å². The summed E-state index contributed by atoms with van der Waals surface area (Å²) >= 11 is 4.60. The molecule has 0 aliphatic carbocycles. The van der Waals surface area contributed by atoms with Crippen molar-refractivity contribution in [2.75, 3.05) is 0 Å². The third kappa shape index (κ3) is 6.01. The minimum absolute atomic E-state index is 0.953. The zero-order chi connectivity index (χ0) is 25.1. The van der Waals surface area contributed by atoms with Crippen molar-refractivity contribution >= 4 is 36.7 Å². The molecule has 4 aromatic rings. The number of hydrogen-bond acceptors (Lipinski definition) is 0. The van der Waals surface area contributed by atoms with Gasteiger partial charge in [-0.15, -0.1) is 0 Å². The molecule has 2 heteroatoms. The van der Waals surface area contributed by atoms with Gasteiger partial charge in [-0.3, -0.25) is 0 Å². The van der Waals surface area contributed by atoms with Crippen LogP contribution < -0.4 is 15.9 Å². The first-order valence-corrected chi connectivity index (χ1v) is 18.1. The molecule has 188 valence electrons. The fraction of sp³-hybridized carbons (Fsp3) is 0.294. The Morgan fingerprint density at radius 2 is 0.944 bits per heavy atom. The molecule has 0 aromatic heterocycles. The molecule has 0 unspecified atom stereocenters. The van der Waals surface area contributed by atoms with Gasteiger partial charge in [-0.1, -0.05) is 6.92 Å². The van der Waals surface area contributed by atoms with Crippen LogP contribution >= 0.6 is 20.8 Å². The molecule has 0 bridgehead atoms. The second-order valence-electron chi connectivity index (χ2n) is 10.0. The average Bonchev–Trinajstić information content (AvgIpc) is 2.94. The molecule has 4 rings (SSSR count). The van der Waals surface area contributed by atoms with Gasteiger partial charge in [-0.25, -0.2) is 0 Å². The summed E-state index contributed by atoms with van der Waals surface area (Å²) < 4.78 is 0. The Bertz CT molecular complexity index is 1090. The summed E-state index contributed by atoms with van der Waals surface area (Å²) in [6.07, 6.45) is 11.6. The third-order valence-electron chi connectivity index (χ3n) is 7.42. The molecule has 0 atom stereocenters. The predicted octanol–water partition coefficient (Wildman–Crippen LogP) is 9.32. The van der Waals surface area contributed by atoms with Crippen molar-refractivity contribution < 1.29 is 0 Å². The molecule has 0 aliphatic rings. The van der Waals surface area contributed by atoms with E-state index in [2.05, 4.69) is 138 Å². The number of aryl methyl sites for hydroxylation is 1. The molecule has 0 fully saturated rings. The van der Waals surface area contributed by atoms with Crippen LogP contribution in [0.2, 0.25) is 0 Å². The van der Waals surface area contributed by atoms with Gasteiger partial charge in [0.1, 0.15) is 0 Å². The standard InChI is InChI=1S/C34H40BrP/c1-2-3-4-5-6-7-11-19-30-20-18-21-31(28-30)29-36(35,32-22-12-8-13-23-32,33-24-14-9-15-25-33)34-26-16-10-17-27-34/h8-10,12-18,20-28H,2-7,11,19,29H2,1H3. The van der Waals surface area contributed by atoms with E-state index in [1.54, 1.807) is 0 Å². The van der Waals surface area contributed by atoms with Crippen LogP contribution in [0.3, 0.4) is 0 Å². The predicted molar refractivity (Wildman–Crippen MR) is 166 cm³/mol. The van der Waals surface area contributed by atoms with Crippen LogP contribution in [0.1, 0.15) is 63.0 Å². The normalized spacial score (nSPS) is 12.7. The topological polar surface area (TPSA) is 0 Å². The maximum absolute atomic E-state index is 4.60. The van der Waals surface area contributed by atoms with Crippen LogP contribution in [-0.4, -0.2) is 0 Å². The Hall–Kier alpha value is -2.21. The SMILES string of the molecule is CCCCCCCCCc1cccc(CP(Br)(c2ccccc2)(c2ccccc2)c2ccccc2)c1. The van der Waals surface area contributed by atoms with E-state index >= 15 is 0 Å². The first kappa shape index (κ1) is 26.8. The summed E-state index contributed by atoms with van der Waals surface area (Å²) in [5, 5.41) is 1.17. The van der Waals surface area contributed by atoms with Crippen LogP contribution in [0.5, 0.6) is 0 Å². The molecule has 0 amide bonds. The van der Waals surface area contributed by atoms with E-state index in [9.17, 15) is 0 Å². The molecule has 0 nitrogen and oxygen atoms in total. The summed E-state index contributed by atoms with van der Waals surface area (Å²) in [7, 11) is 0. The van der Waals surface area contributed by atoms with Crippen molar-refractivity contribution in [1.82, 2.24) is 0 Å². The second-order valence-corrected chi connectivity index (χ2v) is 19.0. The van der Waals surface area contributed by atoms with Crippen LogP contribution in [0.15, 0.2) is 115 Å². The summed E-state index contributed by atoms with van der Waals surface area (Å²) in [5.41, 5.74) is 2.87. The molecule has 0 heterocycles. The molecular weight excluding hydrogens is 519 g/mol. The second kappa shape index (κ2) is 12.8. The molecule has 0 saturated carbocycles. The zero-order valence-corrected chi connectivity index (χ0v) is 24.1. The number of hydrogen-bond donors (Lipinski definition) is 0. The average molecular weight is 560 g/mol. The summed E-state index contributed by atoms with van der Waals surface area (Å²) in [6.45, 7) is 2.29.